The van der Waals surface area contributed by atoms with E-state index in [1.165, 1.54) is 12.7 Å². The molecule has 1 aliphatic heterocycles. The Hall–Kier alpha value is -2.01. The van der Waals surface area contributed by atoms with Crippen LogP contribution in [0.2, 0.25) is 5.02 Å². The summed E-state index contributed by atoms with van der Waals surface area (Å²) in [7, 11) is -3.26. The molecule has 1 saturated heterocycles. The van der Waals surface area contributed by atoms with Crippen LogP contribution in [-0.2, 0) is 21.4 Å². The van der Waals surface area contributed by atoms with Crippen LogP contribution in [0.1, 0.15) is 81.8 Å². The predicted molar refractivity (Wildman–Crippen MR) is 161 cm³/mol. The number of alkyl halides is 2. The Bertz CT molecular complexity index is 1280. The van der Waals surface area contributed by atoms with Gasteiger partial charge in [-0.1, -0.05) is 30.9 Å². The van der Waals surface area contributed by atoms with Crippen LogP contribution in [-0.4, -0.2) is 52.3 Å². The Balaban J connectivity index is 1.82. The first-order valence-corrected chi connectivity index (χ1v) is 17.0. The van der Waals surface area contributed by atoms with Gasteiger partial charge in [-0.15, -0.1) is 0 Å². The maximum absolute atomic E-state index is 13.8. The Morgan fingerprint density at radius 2 is 1.83 bits per heavy atom. The molecule has 1 saturated carbocycles. The molecule has 2 N–H and O–H groups in total. The summed E-state index contributed by atoms with van der Waals surface area (Å²) in [5.41, 5.74) is 1.65. The summed E-state index contributed by atoms with van der Waals surface area (Å²) >= 11 is 6.73. The van der Waals surface area contributed by atoms with Crippen LogP contribution in [0.25, 0.3) is 11.3 Å². The van der Waals surface area contributed by atoms with Crippen LogP contribution in [0.4, 0.5) is 8.78 Å². The molecule has 1 aromatic heterocycles. The predicted octanol–water partition coefficient (Wildman–Crippen LogP) is 6.52. The third-order valence-corrected chi connectivity index (χ3v) is 10.8. The molecular formula is C30H44ClF2N3O4S. The average molecular weight is 616 g/mol. The largest absolute Gasteiger partial charge is 0.432 e. The second kappa shape index (κ2) is 13.1. The van der Waals surface area contributed by atoms with Crippen molar-refractivity contribution in [2.24, 2.45) is 5.92 Å². The van der Waals surface area contributed by atoms with Crippen molar-refractivity contribution in [3.63, 3.8) is 0 Å². The Kier molecular flexibility index (Phi) is 10.2. The van der Waals surface area contributed by atoms with Gasteiger partial charge in [-0.2, -0.15) is 8.78 Å². The molecule has 230 valence electrons. The minimum absolute atomic E-state index is 0.0151. The summed E-state index contributed by atoms with van der Waals surface area (Å²) < 4.78 is 56.9. The van der Waals surface area contributed by atoms with Crippen LogP contribution >= 0.6 is 11.6 Å². The fourth-order valence-corrected chi connectivity index (χ4v) is 8.98. The van der Waals surface area contributed by atoms with E-state index in [1.54, 1.807) is 18.2 Å². The second-order valence-corrected chi connectivity index (χ2v) is 15.4. The Labute approximate surface area is 248 Å². The monoisotopic (exact) mass is 615 g/mol. The normalized spacial score (nSPS) is 18.1. The third kappa shape index (κ3) is 7.89. The van der Waals surface area contributed by atoms with Crippen molar-refractivity contribution in [1.29, 1.82) is 0 Å². The van der Waals surface area contributed by atoms with Gasteiger partial charge in [-0.05, 0) is 87.6 Å². The smallest absolute Gasteiger partial charge is 0.387 e. The highest BCUT2D eigenvalue weighted by Crippen LogP contribution is 2.44. The fourth-order valence-electron chi connectivity index (χ4n) is 6.05. The number of ether oxygens (including phenoxy) is 2. The first-order chi connectivity index (χ1) is 19.3. The minimum atomic E-state index is -3.26. The number of hydrogen-bond donors (Lipinski definition) is 3. The molecule has 0 atom stereocenters. The zero-order chi connectivity index (χ0) is 29.9. The number of nitrogens with zero attached hydrogens (tertiary/aromatic N) is 1. The molecule has 4 rings (SSSR count). The maximum Gasteiger partial charge on any atom is 0.387 e. The van der Waals surface area contributed by atoms with Crippen molar-refractivity contribution in [1.82, 2.24) is 14.6 Å². The SMILES string of the molecule is Cc1c(C(=O)NC2CCOCC2)cc(-c2ccc([SH](C)(=O)NC(C)(C)C)c(Cl)c2OC(F)F)n1CC1CCCCC1. The van der Waals surface area contributed by atoms with Gasteiger partial charge in [0.05, 0.1) is 16.3 Å². The molecule has 7 nitrogen and oxygen atoms in total. The minimum Gasteiger partial charge on any atom is -0.432 e. The summed E-state index contributed by atoms with van der Waals surface area (Å²) in [4.78, 5) is 13.7. The molecule has 0 bridgehead atoms. The van der Waals surface area contributed by atoms with E-state index in [4.69, 9.17) is 21.1 Å². The van der Waals surface area contributed by atoms with Crippen LogP contribution < -0.4 is 14.8 Å². The van der Waals surface area contributed by atoms with Crippen LogP contribution in [0.15, 0.2) is 23.1 Å². The lowest BCUT2D eigenvalue weighted by molar-refractivity contribution is -0.0495. The van der Waals surface area contributed by atoms with Gasteiger partial charge in [-0.3, -0.25) is 13.7 Å². The molecule has 2 aromatic rings. The molecule has 0 unspecified atom stereocenters. The second-order valence-electron chi connectivity index (χ2n) is 12.4. The van der Waals surface area contributed by atoms with Gasteiger partial charge >= 0.3 is 6.61 Å². The molecule has 41 heavy (non-hydrogen) atoms. The maximum atomic E-state index is 13.8. The highest BCUT2D eigenvalue weighted by Gasteiger charge is 2.30. The molecular weight excluding hydrogens is 572 g/mol. The van der Waals surface area contributed by atoms with Crippen molar-refractivity contribution >= 4 is 27.6 Å². The first kappa shape index (κ1) is 31.9. The molecule has 2 heterocycles. The summed E-state index contributed by atoms with van der Waals surface area (Å²) in [5.74, 6) is -0.0404. The fraction of sp³-hybridized carbons (Fsp3) is 0.633. The number of rotatable bonds is 9. The summed E-state index contributed by atoms with van der Waals surface area (Å²) in [6, 6.07) is 5.01. The highest BCUT2D eigenvalue weighted by molar-refractivity contribution is 8.00. The molecule has 11 heteroatoms. The van der Waals surface area contributed by atoms with E-state index in [0.717, 1.165) is 44.2 Å². The molecule has 1 aromatic carbocycles. The number of aromatic nitrogens is 1. The average Bonchev–Trinajstić information content (AvgIpc) is 3.20. The van der Waals surface area contributed by atoms with E-state index < -0.39 is 22.3 Å². The molecule has 1 amide bonds. The highest BCUT2D eigenvalue weighted by atomic mass is 35.5. The number of benzene rings is 1. The van der Waals surface area contributed by atoms with Crippen molar-refractivity contribution in [3.8, 4) is 17.0 Å². The van der Waals surface area contributed by atoms with Crippen LogP contribution in [0.5, 0.6) is 5.75 Å². The number of carbonyl (C=O) groups excluding carboxylic acids is 1. The summed E-state index contributed by atoms with van der Waals surface area (Å²) in [5, 5.41) is 3.00. The topological polar surface area (TPSA) is 81.6 Å². The van der Waals surface area contributed by atoms with Crippen LogP contribution in [0.3, 0.4) is 0 Å². The standard InChI is InChI=1S/C30H44ClF2N3O4S/c1-19-23(28(37)34-21-13-15-39-16-14-21)17-24(36(19)18-20-9-7-6-8-10-20)22-11-12-25(26(31)27(22)40-29(32)33)41(5,38)35-30(2,3)4/h11-12,17,20-21,29,41H,6-10,13-16,18H2,1-5H3,(H,34,37)(H,35,38). The summed E-state index contributed by atoms with van der Waals surface area (Å²) in [6.45, 7) is 6.21. The van der Waals surface area contributed by atoms with Gasteiger partial charge in [0.2, 0.25) is 0 Å². The van der Waals surface area contributed by atoms with E-state index in [2.05, 4.69) is 10.0 Å². The van der Waals surface area contributed by atoms with Crippen molar-refractivity contribution in [2.45, 2.75) is 102 Å². The number of halogens is 3. The zero-order valence-corrected chi connectivity index (χ0v) is 26.3. The lowest BCUT2D eigenvalue weighted by Crippen LogP contribution is -2.44. The zero-order valence-electron chi connectivity index (χ0n) is 24.7. The quantitative estimate of drug-likeness (QED) is 0.281. The van der Waals surface area contributed by atoms with E-state index >= 15 is 0 Å². The number of hydrogen-bond acceptors (Lipinski definition) is 4. The Morgan fingerprint density at radius 3 is 2.44 bits per heavy atom. The van der Waals surface area contributed by atoms with Crippen molar-refractivity contribution < 1.29 is 27.3 Å². The third-order valence-electron chi connectivity index (χ3n) is 7.90. The van der Waals surface area contributed by atoms with Crippen LogP contribution in [0, 0.1) is 12.8 Å². The molecule has 1 aliphatic carbocycles. The lowest BCUT2D eigenvalue weighted by Gasteiger charge is -2.31. The van der Waals surface area contributed by atoms with Gasteiger partial charge in [0, 0.05) is 53.7 Å². The van der Waals surface area contributed by atoms with Crippen molar-refractivity contribution in [3.05, 3.63) is 34.5 Å². The van der Waals surface area contributed by atoms with E-state index in [0.29, 0.717) is 42.5 Å². The molecule has 0 spiro atoms. The van der Waals surface area contributed by atoms with Gasteiger partial charge in [-0.25, -0.2) is 0 Å². The molecule has 2 fully saturated rings. The molecule has 0 radical (unpaired) electrons. The van der Waals surface area contributed by atoms with E-state index in [9.17, 15) is 17.8 Å². The summed E-state index contributed by atoms with van der Waals surface area (Å²) in [6.07, 6.45) is 8.63. The van der Waals surface area contributed by atoms with Gasteiger partial charge in [0.1, 0.15) is 0 Å². The Morgan fingerprint density at radius 1 is 1.17 bits per heavy atom. The van der Waals surface area contributed by atoms with Gasteiger partial charge in [0.15, 0.2) is 5.75 Å². The lowest BCUT2D eigenvalue weighted by atomic mass is 9.89. The number of carbonyl (C=O) groups is 1. The number of amides is 1. The number of nitrogens with one attached hydrogen (secondary N) is 2. The first-order valence-electron chi connectivity index (χ1n) is 14.5. The number of thiol groups is 1. The van der Waals surface area contributed by atoms with E-state index in [1.807, 2.05) is 32.3 Å². The van der Waals surface area contributed by atoms with E-state index in [-0.39, 0.29) is 27.6 Å². The van der Waals surface area contributed by atoms with Gasteiger partial charge in [0.25, 0.3) is 5.91 Å². The van der Waals surface area contributed by atoms with Gasteiger partial charge < -0.3 is 19.4 Å². The van der Waals surface area contributed by atoms with Crippen molar-refractivity contribution in [2.75, 3.05) is 19.5 Å². The molecule has 2 aliphatic rings.